The molecule has 0 fully saturated rings. The smallest absolute Gasteiger partial charge is 0.303 e. The summed E-state index contributed by atoms with van der Waals surface area (Å²) in [6.07, 6.45) is 0.513. The molecule has 2 rings (SSSR count). The lowest BCUT2D eigenvalue weighted by Crippen LogP contribution is -1.99. The van der Waals surface area contributed by atoms with Gasteiger partial charge in [0.1, 0.15) is 10.9 Å². The number of carboxylic acids is 1. The molecule has 1 N–H and O–H groups in total. The van der Waals surface area contributed by atoms with Crippen molar-refractivity contribution in [2.24, 2.45) is 7.05 Å². The Hall–Kier alpha value is -1.46. The van der Waals surface area contributed by atoms with Crippen LogP contribution < -0.4 is 0 Å². The van der Waals surface area contributed by atoms with Crippen LogP contribution in [0, 0.1) is 6.92 Å². The predicted molar refractivity (Wildman–Crippen MR) is 79.5 cm³/mol. The van der Waals surface area contributed by atoms with E-state index < -0.39 is 5.97 Å². The Morgan fingerprint density at radius 3 is 2.90 bits per heavy atom. The average Bonchev–Trinajstić information content (AvgIpc) is 2.64. The van der Waals surface area contributed by atoms with E-state index in [1.165, 1.54) is 0 Å². The van der Waals surface area contributed by atoms with Crippen molar-refractivity contribution >= 4 is 29.3 Å². The first-order valence-corrected chi connectivity index (χ1v) is 7.34. The van der Waals surface area contributed by atoms with E-state index in [0.29, 0.717) is 11.4 Å². The molecule has 20 heavy (non-hydrogen) atoms. The van der Waals surface area contributed by atoms with Crippen molar-refractivity contribution in [3.63, 3.8) is 0 Å². The third-order valence-corrected chi connectivity index (χ3v) is 4.35. The van der Waals surface area contributed by atoms with Crippen LogP contribution in [0.4, 0.5) is 0 Å². The third kappa shape index (κ3) is 3.55. The van der Waals surface area contributed by atoms with Crippen LogP contribution in [0.15, 0.2) is 34.2 Å². The Morgan fingerprint density at radius 1 is 1.50 bits per heavy atom. The number of rotatable bonds is 5. The normalized spacial score (nSPS) is 10.8. The first-order valence-electron chi connectivity index (χ1n) is 6.15. The van der Waals surface area contributed by atoms with Gasteiger partial charge in [0, 0.05) is 23.4 Å². The van der Waals surface area contributed by atoms with Gasteiger partial charge in [-0.2, -0.15) is 0 Å². The van der Waals surface area contributed by atoms with Gasteiger partial charge in [-0.05, 0) is 25.1 Å². The van der Waals surface area contributed by atoms with Crippen molar-refractivity contribution in [1.29, 1.82) is 0 Å². The second-order valence-electron chi connectivity index (χ2n) is 4.42. The molecule has 1 heterocycles. The molecular weight excluding hydrogens is 296 g/mol. The van der Waals surface area contributed by atoms with Gasteiger partial charge in [-0.1, -0.05) is 29.4 Å². The summed E-state index contributed by atoms with van der Waals surface area (Å²) in [5.41, 5.74) is 0.817. The highest BCUT2D eigenvalue weighted by atomic mass is 35.5. The SMILES string of the molecule is Cc1nc(CCC(=O)O)c(Sc2cccc(Cl)c2)n1C. The zero-order valence-corrected chi connectivity index (χ0v) is 12.8. The van der Waals surface area contributed by atoms with Gasteiger partial charge in [0.15, 0.2) is 0 Å². The number of benzene rings is 1. The summed E-state index contributed by atoms with van der Waals surface area (Å²) in [6.45, 7) is 1.91. The maximum absolute atomic E-state index is 10.7. The molecule has 0 radical (unpaired) electrons. The molecule has 2 aromatic rings. The lowest BCUT2D eigenvalue weighted by molar-refractivity contribution is -0.136. The summed E-state index contributed by atoms with van der Waals surface area (Å²) in [4.78, 5) is 16.2. The zero-order chi connectivity index (χ0) is 14.7. The first-order chi connectivity index (χ1) is 9.47. The number of hydrogen-bond donors (Lipinski definition) is 1. The number of carboxylic acid groups (broad SMARTS) is 1. The molecule has 0 unspecified atom stereocenters. The lowest BCUT2D eigenvalue weighted by Gasteiger charge is -2.06. The molecule has 0 aliphatic carbocycles. The predicted octanol–water partition coefficient (Wildman–Crippen LogP) is 3.55. The molecule has 0 spiro atoms. The molecule has 1 aromatic heterocycles. The number of imidazole rings is 1. The fourth-order valence-corrected chi connectivity index (χ4v) is 3.16. The molecule has 6 heteroatoms. The first kappa shape index (κ1) is 14.9. The van der Waals surface area contributed by atoms with Gasteiger partial charge in [0.05, 0.1) is 12.1 Å². The van der Waals surface area contributed by atoms with Crippen molar-refractivity contribution in [2.45, 2.75) is 29.7 Å². The molecule has 0 amide bonds. The quantitative estimate of drug-likeness (QED) is 0.917. The highest BCUT2D eigenvalue weighted by molar-refractivity contribution is 7.99. The van der Waals surface area contributed by atoms with Crippen molar-refractivity contribution in [1.82, 2.24) is 9.55 Å². The Balaban J connectivity index is 2.27. The fourth-order valence-electron chi connectivity index (χ4n) is 1.82. The van der Waals surface area contributed by atoms with E-state index in [1.54, 1.807) is 11.8 Å². The number of aromatic nitrogens is 2. The number of aliphatic carboxylic acids is 1. The molecule has 0 aliphatic heterocycles. The topological polar surface area (TPSA) is 55.1 Å². The standard InChI is InChI=1S/C14H15ClN2O2S/c1-9-16-12(6-7-13(18)19)14(17(9)2)20-11-5-3-4-10(15)8-11/h3-5,8H,6-7H2,1-2H3,(H,18,19). The van der Waals surface area contributed by atoms with Gasteiger partial charge in [0.25, 0.3) is 0 Å². The van der Waals surface area contributed by atoms with E-state index in [0.717, 1.165) is 21.4 Å². The second kappa shape index (κ2) is 6.33. The van der Waals surface area contributed by atoms with Gasteiger partial charge in [-0.25, -0.2) is 4.98 Å². The molecule has 0 bridgehead atoms. The lowest BCUT2D eigenvalue weighted by atomic mass is 10.2. The summed E-state index contributed by atoms with van der Waals surface area (Å²) >= 11 is 7.54. The monoisotopic (exact) mass is 310 g/mol. The van der Waals surface area contributed by atoms with E-state index in [1.807, 2.05) is 42.8 Å². The highest BCUT2D eigenvalue weighted by Gasteiger charge is 2.14. The number of hydrogen-bond acceptors (Lipinski definition) is 3. The second-order valence-corrected chi connectivity index (χ2v) is 5.92. The van der Waals surface area contributed by atoms with E-state index in [9.17, 15) is 4.79 Å². The maximum Gasteiger partial charge on any atom is 0.303 e. The summed E-state index contributed by atoms with van der Waals surface area (Å²) < 4.78 is 1.97. The fraction of sp³-hybridized carbons (Fsp3) is 0.286. The van der Waals surface area contributed by atoms with E-state index in [4.69, 9.17) is 16.7 Å². The van der Waals surface area contributed by atoms with Gasteiger partial charge in [-0.3, -0.25) is 4.79 Å². The van der Waals surface area contributed by atoms with Crippen LogP contribution in [0.1, 0.15) is 17.9 Å². The number of nitrogens with zero attached hydrogens (tertiary/aromatic N) is 2. The van der Waals surface area contributed by atoms with Crippen LogP contribution in [0.5, 0.6) is 0 Å². The molecule has 1 aromatic carbocycles. The van der Waals surface area contributed by atoms with Crippen LogP contribution in [0.2, 0.25) is 5.02 Å². The van der Waals surface area contributed by atoms with Crippen LogP contribution in [0.3, 0.4) is 0 Å². The summed E-state index contributed by atoms with van der Waals surface area (Å²) in [6, 6.07) is 7.58. The van der Waals surface area contributed by atoms with Crippen LogP contribution in [-0.4, -0.2) is 20.6 Å². The Morgan fingerprint density at radius 2 is 2.25 bits per heavy atom. The van der Waals surface area contributed by atoms with Crippen molar-refractivity contribution in [2.75, 3.05) is 0 Å². The Labute approximate surface area is 126 Å². The summed E-state index contributed by atoms with van der Waals surface area (Å²) in [5.74, 6) is 0.0573. The van der Waals surface area contributed by atoms with Crippen molar-refractivity contribution < 1.29 is 9.90 Å². The summed E-state index contributed by atoms with van der Waals surface area (Å²) in [5, 5.41) is 10.5. The molecule has 0 saturated heterocycles. The minimum atomic E-state index is -0.813. The van der Waals surface area contributed by atoms with E-state index >= 15 is 0 Å². The minimum absolute atomic E-state index is 0.0829. The van der Waals surface area contributed by atoms with Crippen molar-refractivity contribution in [3.05, 3.63) is 40.8 Å². The molecule has 0 atom stereocenters. The van der Waals surface area contributed by atoms with Crippen LogP contribution in [-0.2, 0) is 18.3 Å². The van der Waals surface area contributed by atoms with Gasteiger partial charge in [0.2, 0.25) is 0 Å². The Bertz CT molecular complexity index is 640. The number of aryl methyl sites for hydroxylation is 2. The number of carbonyl (C=O) groups is 1. The minimum Gasteiger partial charge on any atom is -0.481 e. The van der Waals surface area contributed by atoms with Crippen molar-refractivity contribution in [3.8, 4) is 0 Å². The van der Waals surface area contributed by atoms with Gasteiger partial charge < -0.3 is 9.67 Å². The largest absolute Gasteiger partial charge is 0.481 e. The molecule has 0 aliphatic rings. The van der Waals surface area contributed by atoms with E-state index in [2.05, 4.69) is 4.98 Å². The van der Waals surface area contributed by atoms with Crippen LogP contribution in [0.25, 0.3) is 0 Å². The van der Waals surface area contributed by atoms with Gasteiger partial charge in [-0.15, -0.1) is 0 Å². The number of halogens is 1. The van der Waals surface area contributed by atoms with E-state index in [-0.39, 0.29) is 6.42 Å². The maximum atomic E-state index is 10.7. The third-order valence-electron chi connectivity index (χ3n) is 2.92. The summed E-state index contributed by atoms with van der Waals surface area (Å²) in [7, 11) is 1.93. The Kier molecular flexibility index (Phi) is 4.73. The molecule has 106 valence electrons. The highest BCUT2D eigenvalue weighted by Crippen LogP contribution is 2.32. The van der Waals surface area contributed by atoms with Crippen LogP contribution >= 0.6 is 23.4 Å². The van der Waals surface area contributed by atoms with Gasteiger partial charge >= 0.3 is 5.97 Å². The zero-order valence-electron chi connectivity index (χ0n) is 11.3. The average molecular weight is 311 g/mol. The molecule has 4 nitrogen and oxygen atoms in total. The molecule has 0 saturated carbocycles. The molecular formula is C14H15ClN2O2S.